The summed E-state index contributed by atoms with van der Waals surface area (Å²) in [7, 11) is -3.93. The normalized spacial score (nSPS) is 28.3. The number of aromatic nitrogens is 1. The Morgan fingerprint density at radius 1 is 1.02 bits per heavy atom. The molecule has 1 aromatic heterocycles. The minimum Gasteiger partial charge on any atom is -0.488 e. The molecule has 0 radical (unpaired) electrons. The van der Waals surface area contributed by atoms with Crippen molar-refractivity contribution in [2.75, 3.05) is 11.9 Å². The van der Waals surface area contributed by atoms with Crippen LogP contribution in [0.25, 0.3) is 10.9 Å². The Balaban J connectivity index is 1.20. The maximum absolute atomic E-state index is 14.5. The standard InChI is InChI=1S/C37H43N5O6S/c1-36(19-20-36)49(46,47)41-35(45)37-23-25(37)12-6-3-2-4-9-17-30(39-26-13-7-5-8-14-26)34(44)42-24-27(22-31(42)33(43)40-37)48-32-18-21-38-29-16-11-10-15-28(29)32/h5-8,10-16,18,21,25,27,30-31,39H,2-4,9,17,19-20,22-24H2,1H3,(H,40,43)(H,41,45)/t25-,27-,30+,31+,37-/m1/s1. The van der Waals surface area contributed by atoms with Gasteiger partial charge in [-0.2, -0.15) is 0 Å². The highest BCUT2D eigenvalue weighted by molar-refractivity contribution is 7.91. The van der Waals surface area contributed by atoms with Crippen LogP contribution in [0.5, 0.6) is 5.75 Å². The van der Waals surface area contributed by atoms with Crippen LogP contribution in [0.4, 0.5) is 5.69 Å². The average molecular weight is 686 g/mol. The molecular weight excluding hydrogens is 643 g/mol. The number of ether oxygens (including phenoxy) is 1. The van der Waals surface area contributed by atoms with Gasteiger partial charge in [-0.3, -0.25) is 24.1 Å². The second-order valence-corrected chi connectivity index (χ2v) is 16.3. The number of fused-ring (bicyclic) bond motifs is 3. The van der Waals surface area contributed by atoms with Crippen LogP contribution in [0.2, 0.25) is 0 Å². The number of carbonyl (C=O) groups excluding carboxylic acids is 3. The Kier molecular flexibility index (Phi) is 8.85. The molecule has 2 aromatic carbocycles. The Morgan fingerprint density at radius 3 is 2.59 bits per heavy atom. The molecule has 0 unspecified atom stereocenters. The Bertz CT molecular complexity index is 1870. The lowest BCUT2D eigenvalue weighted by Crippen LogP contribution is -2.58. The fourth-order valence-electron chi connectivity index (χ4n) is 7.03. The Labute approximate surface area is 286 Å². The number of para-hydroxylation sites is 2. The van der Waals surface area contributed by atoms with E-state index in [1.165, 1.54) is 0 Å². The maximum Gasteiger partial charge on any atom is 0.259 e. The van der Waals surface area contributed by atoms with Crippen molar-refractivity contribution in [1.82, 2.24) is 19.9 Å². The molecule has 3 aromatic rings. The number of benzene rings is 2. The number of hydrogen-bond donors (Lipinski definition) is 3. The number of pyridine rings is 1. The van der Waals surface area contributed by atoms with Crippen molar-refractivity contribution in [3.63, 3.8) is 0 Å². The monoisotopic (exact) mass is 685 g/mol. The molecule has 11 nitrogen and oxygen atoms in total. The van der Waals surface area contributed by atoms with E-state index in [-0.39, 0.29) is 31.2 Å². The van der Waals surface area contributed by atoms with Gasteiger partial charge in [-0.15, -0.1) is 0 Å². The molecular formula is C37H43N5O6S. The zero-order valence-electron chi connectivity index (χ0n) is 27.6. The number of hydrogen-bond acceptors (Lipinski definition) is 8. The number of allylic oxidation sites excluding steroid dienone is 1. The number of amides is 3. The molecule has 49 heavy (non-hydrogen) atoms. The lowest BCUT2D eigenvalue weighted by Gasteiger charge is -2.30. The molecule has 2 saturated carbocycles. The minimum absolute atomic E-state index is 0.163. The van der Waals surface area contributed by atoms with Crippen LogP contribution in [-0.4, -0.2) is 71.0 Å². The fraction of sp³-hybridized carbons (Fsp3) is 0.459. The Hall–Kier alpha value is -4.45. The summed E-state index contributed by atoms with van der Waals surface area (Å²) in [4.78, 5) is 48.6. The topological polar surface area (TPSA) is 147 Å². The first-order valence-electron chi connectivity index (χ1n) is 17.3. The first-order valence-corrected chi connectivity index (χ1v) is 18.7. The average Bonchev–Trinajstić information content (AvgIpc) is 3.97. The van der Waals surface area contributed by atoms with Crippen molar-refractivity contribution >= 4 is 44.3 Å². The van der Waals surface area contributed by atoms with E-state index in [4.69, 9.17) is 4.74 Å². The highest BCUT2D eigenvalue weighted by Crippen LogP contribution is 2.47. The van der Waals surface area contributed by atoms with E-state index in [2.05, 4.69) is 20.3 Å². The summed E-state index contributed by atoms with van der Waals surface area (Å²) >= 11 is 0. The SMILES string of the molecule is CC1(S(=O)(=O)NC(=O)[C@@]23C[C@H]2C=CCCCCC[C@H](Nc2ccccc2)C(=O)N2C[C@H](Oc4ccnc5ccccc45)C[C@H]2C(=O)N3)CC1. The number of nitrogens with one attached hydrogen (secondary N) is 3. The van der Waals surface area contributed by atoms with Crippen molar-refractivity contribution < 1.29 is 27.5 Å². The summed E-state index contributed by atoms with van der Waals surface area (Å²) in [6.07, 6.45) is 10.5. The van der Waals surface area contributed by atoms with Crippen LogP contribution >= 0.6 is 0 Å². The van der Waals surface area contributed by atoms with Crippen LogP contribution < -0.4 is 20.1 Å². The van der Waals surface area contributed by atoms with Crippen LogP contribution in [0, 0.1) is 5.92 Å². The summed E-state index contributed by atoms with van der Waals surface area (Å²) in [6.45, 7) is 1.78. The van der Waals surface area contributed by atoms with Crippen LogP contribution in [-0.2, 0) is 24.4 Å². The molecule has 12 heteroatoms. The van der Waals surface area contributed by atoms with Gasteiger partial charge in [0.25, 0.3) is 5.91 Å². The van der Waals surface area contributed by atoms with E-state index in [1.807, 2.05) is 66.7 Å². The smallest absolute Gasteiger partial charge is 0.259 e. The zero-order chi connectivity index (χ0) is 34.2. The molecule has 3 N–H and O–H groups in total. The van der Waals surface area contributed by atoms with E-state index in [1.54, 1.807) is 24.1 Å². The second kappa shape index (κ2) is 13.1. The molecule has 0 spiro atoms. The van der Waals surface area contributed by atoms with E-state index in [0.29, 0.717) is 25.0 Å². The van der Waals surface area contributed by atoms with Crippen molar-refractivity contribution in [2.45, 2.75) is 93.2 Å². The summed E-state index contributed by atoms with van der Waals surface area (Å²) in [5, 5.41) is 7.19. The van der Waals surface area contributed by atoms with Crippen molar-refractivity contribution in [2.24, 2.45) is 5.92 Å². The molecule has 4 aliphatic rings. The van der Waals surface area contributed by atoms with E-state index >= 15 is 0 Å². The van der Waals surface area contributed by atoms with Gasteiger partial charge in [0.1, 0.15) is 29.5 Å². The summed E-state index contributed by atoms with van der Waals surface area (Å²) < 4.78 is 34.0. The van der Waals surface area contributed by atoms with Gasteiger partial charge in [-0.1, -0.05) is 55.3 Å². The van der Waals surface area contributed by atoms with Crippen molar-refractivity contribution in [3.05, 3.63) is 79.0 Å². The third-order valence-corrected chi connectivity index (χ3v) is 12.7. The largest absolute Gasteiger partial charge is 0.488 e. The van der Waals surface area contributed by atoms with Gasteiger partial charge < -0.3 is 20.3 Å². The van der Waals surface area contributed by atoms with Crippen molar-refractivity contribution in [3.8, 4) is 5.75 Å². The molecule has 0 bridgehead atoms. The molecule has 258 valence electrons. The third-order valence-electron chi connectivity index (χ3n) is 10.5. The van der Waals surface area contributed by atoms with Crippen LogP contribution in [0.3, 0.4) is 0 Å². The van der Waals surface area contributed by atoms with Gasteiger partial charge in [0, 0.05) is 29.6 Å². The number of anilines is 1. The predicted molar refractivity (Wildman–Crippen MR) is 186 cm³/mol. The van der Waals surface area contributed by atoms with E-state index in [9.17, 15) is 22.8 Å². The van der Waals surface area contributed by atoms with Crippen LogP contribution in [0.15, 0.2) is 79.0 Å². The summed E-state index contributed by atoms with van der Waals surface area (Å²) in [5.41, 5.74) is 0.146. The zero-order valence-corrected chi connectivity index (χ0v) is 28.5. The van der Waals surface area contributed by atoms with Gasteiger partial charge in [-0.25, -0.2) is 8.42 Å². The van der Waals surface area contributed by atoms with Gasteiger partial charge >= 0.3 is 0 Å². The summed E-state index contributed by atoms with van der Waals surface area (Å²) in [5.74, 6) is -1.22. The minimum atomic E-state index is -3.93. The lowest BCUT2D eigenvalue weighted by molar-refractivity contribution is -0.140. The first-order chi connectivity index (χ1) is 23.6. The third kappa shape index (κ3) is 6.75. The Morgan fingerprint density at radius 2 is 1.80 bits per heavy atom. The number of nitrogens with zero attached hydrogens (tertiary/aromatic N) is 2. The van der Waals surface area contributed by atoms with Gasteiger partial charge in [0.2, 0.25) is 21.8 Å². The molecule has 1 saturated heterocycles. The van der Waals surface area contributed by atoms with E-state index in [0.717, 1.165) is 42.3 Å². The molecule has 2 aliphatic heterocycles. The molecule has 2 aliphatic carbocycles. The van der Waals surface area contributed by atoms with Crippen LogP contribution in [0.1, 0.15) is 64.7 Å². The lowest BCUT2D eigenvalue weighted by atomic mass is 10.0. The quantitative estimate of drug-likeness (QED) is 0.309. The predicted octanol–water partition coefficient (Wildman–Crippen LogP) is 4.46. The highest BCUT2D eigenvalue weighted by Gasteiger charge is 2.63. The molecule has 3 fully saturated rings. The molecule has 7 rings (SSSR count). The molecule has 3 heterocycles. The highest BCUT2D eigenvalue weighted by atomic mass is 32.2. The van der Waals surface area contributed by atoms with Gasteiger partial charge in [0.15, 0.2) is 0 Å². The van der Waals surface area contributed by atoms with E-state index < -0.39 is 50.3 Å². The molecule has 5 atom stereocenters. The summed E-state index contributed by atoms with van der Waals surface area (Å²) in [6, 6.07) is 17.4. The first kappa shape index (κ1) is 33.1. The van der Waals surface area contributed by atoms with Gasteiger partial charge in [-0.05, 0) is 75.8 Å². The molecule has 3 amide bonds. The fourth-order valence-corrected chi connectivity index (χ4v) is 8.35. The second-order valence-electron chi connectivity index (χ2n) is 14.1. The van der Waals surface area contributed by atoms with Gasteiger partial charge in [0.05, 0.1) is 16.8 Å². The number of sulfonamides is 1. The van der Waals surface area contributed by atoms with Crippen molar-refractivity contribution in [1.29, 1.82) is 0 Å². The maximum atomic E-state index is 14.5. The number of carbonyl (C=O) groups is 3. The number of rotatable bonds is 7.